The zero-order valence-corrected chi connectivity index (χ0v) is 19.0. The van der Waals surface area contributed by atoms with E-state index in [2.05, 4.69) is 34.9 Å². The molecule has 1 aliphatic carbocycles. The molecule has 7 nitrogen and oxygen atoms in total. The number of nitrogens with one attached hydrogen (secondary N) is 2. The molecular weight excluding hydrogens is 432 g/mol. The van der Waals surface area contributed by atoms with Crippen molar-refractivity contribution in [2.75, 3.05) is 11.9 Å². The van der Waals surface area contributed by atoms with E-state index < -0.39 is 24.0 Å². The van der Waals surface area contributed by atoms with Crippen molar-refractivity contribution in [1.82, 2.24) is 5.32 Å². The van der Waals surface area contributed by atoms with Crippen molar-refractivity contribution >= 4 is 23.7 Å². The number of hydrogen-bond donors (Lipinski definition) is 3. The first-order valence-electron chi connectivity index (χ1n) is 11.1. The van der Waals surface area contributed by atoms with E-state index in [-0.39, 0.29) is 18.9 Å². The average Bonchev–Trinajstić information content (AvgIpc) is 3.16. The first kappa shape index (κ1) is 23.0. The molecule has 4 rings (SSSR count). The van der Waals surface area contributed by atoms with Crippen LogP contribution < -0.4 is 10.6 Å². The summed E-state index contributed by atoms with van der Waals surface area (Å²) in [6.45, 7) is 3.64. The van der Waals surface area contributed by atoms with Crippen molar-refractivity contribution in [3.05, 3.63) is 89.0 Å². The van der Waals surface area contributed by atoms with E-state index in [0.717, 1.165) is 22.3 Å². The highest BCUT2D eigenvalue weighted by Gasteiger charge is 2.29. The second-order valence-electron chi connectivity index (χ2n) is 8.25. The number of ether oxygens (including phenoxy) is 1. The van der Waals surface area contributed by atoms with Crippen molar-refractivity contribution in [1.29, 1.82) is 0 Å². The Bertz CT molecular complexity index is 1210. The lowest BCUT2D eigenvalue weighted by Gasteiger charge is -2.16. The summed E-state index contributed by atoms with van der Waals surface area (Å²) in [5.74, 6) is -1.60. The van der Waals surface area contributed by atoms with Gasteiger partial charge in [-0.2, -0.15) is 0 Å². The largest absolute Gasteiger partial charge is 0.480 e. The number of aryl methyl sites for hydroxylation is 1. The van der Waals surface area contributed by atoms with Crippen LogP contribution in [0.2, 0.25) is 0 Å². The maximum atomic E-state index is 12.5. The highest BCUT2D eigenvalue weighted by atomic mass is 16.5. The third kappa shape index (κ3) is 4.64. The van der Waals surface area contributed by atoms with Crippen LogP contribution in [0.1, 0.15) is 46.3 Å². The lowest BCUT2D eigenvalue weighted by molar-refractivity contribution is -0.139. The fraction of sp³-hybridized carbons (Fsp3) is 0.222. The molecule has 3 aromatic rings. The topological polar surface area (TPSA) is 105 Å². The first-order chi connectivity index (χ1) is 16.4. The highest BCUT2D eigenvalue weighted by Crippen LogP contribution is 2.44. The molecule has 2 amide bonds. The summed E-state index contributed by atoms with van der Waals surface area (Å²) in [6.07, 6.45) is -0.305. The average molecular weight is 459 g/mol. The maximum absolute atomic E-state index is 12.5. The Labute approximate surface area is 197 Å². The Hall–Kier alpha value is -4.13. The van der Waals surface area contributed by atoms with Gasteiger partial charge in [-0.3, -0.25) is 10.1 Å². The standard InChI is InChI=1S/C27H26N2O5/c1-3-23(26(31)32)28-25(30)17-12-13-24(16(2)14-17)29-27(33)34-15-22-20-10-6-4-8-18(20)19-9-5-7-11-21(19)22/h4-14,22-23H,3,15H2,1-2H3,(H,28,30)(H,29,33)(H,31,32)/t23-/m0/s1. The smallest absolute Gasteiger partial charge is 0.411 e. The van der Waals surface area contributed by atoms with Crippen LogP contribution in [-0.2, 0) is 9.53 Å². The number of carbonyl (C=O) groups excluding carboxylic acids is 2. The summed E-state index contributed by atoms with van der Waals surface area (Å²) in [6, 6.07) is 20.0. The molecule has 0 bridgehead atoms. The van der Waals surface area contributed by atoms with Crippen LogP contribution in [0.15, 0.2) is 66.7 Å². The van der Waals surface area contributed by atoms with Crippen molar-refractivity contribution in [2.45, 2.75) is 32.2 Å². The summed E-state index contributed by atoms with van der Waals surface area (Å²) in [7, 11) is 0. The van der Waals surface area contributed by atoms with Crippen molar-refractivity contribution < 1.29 is 24.2 Å². The molecule has 0 radical (unpaired) electrons. The molecule has 0 spiro atoms. The molecule has 0 aliphatic heterocycles. The van der Waals surface area contributed by atoms with Crippen LogP contribution in [0.25, 0.3) is 11.1 Å². The Morgan fingerprint density at radius 3 is 2.15 bits per heavy atom. The third-order valence-corrected chi connectivity index (χ3v) is 6.08. The summed E-state index contributed by atoms with van der Waals surface area (Å²) < 4.78 is 5.58. The number of anilines is 1. The predicted molar refractivity (Wildman–Crippen MR) is 129 cm³/mol. The van der Waals surface area contributed by atoms with Gasteiger partial charge in [-0.1, -0.05) is 55.5 Å². The summed E-state index contributed by atoms with van der Waals surface area (Å²) in [5.41, 5.74) is 6.07. The van der Waals surface area contributed by atoms with Gasteiger partial charge in [0.05, 0.1) is 0 Å². The number of aliphatic carboxylic acids is 1. The van der Waals surface area contributed by atoms with Gasteiger partial charge in [-0.25, -0.2) is 9.59 Å². The molecule has 1 atom stereocenters. The molecule has 0 unspecified atom stereocenters. The molecule has 0 saturated carbocycles. The van der Waals surface area contributed by atoms with Crippen LogP contribution >= 0.6 is 0 Å². The van der Waals surface area contributed by atoms with Gasteiger partial charge in [0.15, 0.2) is 0 Å². The fourth-order valence-electron chi connectivity index (χ4n) is 4.27. The van der Waals surface area contributed by atoms with E-state index >= 15 is 0 Å². The van der Waals surface area contributed by atoms with Gasteiger partial charge in [0.25, 0.3) is 5.91 Å². The molecule has 7 heteroatoms. The Morgan fingerprint density at radius 1 is 0.971 bits per heavy atom. The van der Waals surface area contributed by atoms with Crippen LogP contribution in [0, 0.1) is 6.92 Å². The van der Waals surface area contributed by atoms with E-state index in [1.54, 1.807) is 26.0 Å². The minimum Gasteiger partial charge on any atom is -0.480 e. The number of hydrogen-bond acceptors (Lipinski definition) is 4. The quantitative estimate of drug-likeness (QED) is 0.465. The van der Waals surface area contributed by atoms with Crippen LogP contribution in [-0.4, -0.2) is 35.7 Å². The number of carboxylic acid groups (broad SMARTS) is 1. The molecule has 34 heavy (non-hydrogen) atoms. The third-order valence-electron chi connectivity index (χ3n) is 6.08. The van der Waals surface area contributed by atoms with E-state index in [9.17, 15) is 14.4 Å². The van der Waals surface area contributed by atoms with E-state index in [0.29, 0.717) is 16.8 Å². The first-order valence-corrected chi connectivity index (χ1v) is 11.1. The molecule has 0 aromatic heterocycles. The minimum atomic E-state index is -1.08. The van der Waals surface area contributed by atoms with Crippen LogP contribution in [0.5, 0.6) is 0 Å². The summed E-state index contributed by atoms with van der Waals surface area (Å²) in [5, 5.41) is 14.3. The molecule has 1 aliphatic rings. The predicted octanol–water partition coefficient (Wildman–Crippen LogP) is 4.95. The van der Waals surface area contributed by atoms with Gasteiger partial charge >= 0.3 is 12.1 Å². The number of amides is 2. The van der Waals surface area contributed by atoms with Crippen LogP contribution in [0.4, 0.5) is 10.5 Å². The lowest BCUT2D eigenvalue weighted by atomic mass is 9.98. The number of carbonyl (C=O) groups is 3. The Balaban J connectivity index is 1.40. The fourth-order valence-corrected chi connectivity index (χ4v) is 4.27. The van der Waals surface area contributed by atoms with Gasteiger partial charge in [-0.15, -0.1) is 0 Å². The molecular formula is C27H26N2O5. The highest BCUT2D eigenvalue weighted by molar-refractivity contribution is 5.97. The lowest BCUT2D eigenvalue weighted by Crippen LogP contribution is -2.40. The molecule has 3 N–H and O–H groups in total. The minimum absolute atomic E-state index is 0.0361. The number of benzene rings is 3. The van der Waals surface area contributed by atoms with Gasteiger partial charge in [-0.05, 0) is 59.4 Å². The van der Waals surface area contributed by atoms with Gasteiger partial charge in [0.1, 0.15) is 12.6 Å². The van der Waals surface area contributed by atoms with E-state index in [4.69, 9.17) is 9.84 Å². The zero-order chi connectivity index (χ0) is 24.2. The molecule has 3 aromatic carbocycles. The molecule has 0 heterocycles. The zero-order valence-electron chi connectivity index (χ0n) is 19.0. The van der Waals surface area contributed by atoms with E-state index in [1.165, 1.54) is 6.07 Å². The summed E-state index contributed by atoms with van der Waals surface area (Å²) in [4.78, 5) is 36.1. The van der Waals surface area contributed by atoms with Gasteiger partial charge < -0.3 is 15.2 Å². The van der Waals surface area contributed by atoms with Crippen molar-refractivity contribution in [3.63, 3.8) is 0 Å². The normalized spacial score (nSPS) is 12.9. The Kier molecular flexibility index (Phi) is 6.63. The molecule has 0 fully saturated rings. The SMILES string of the molecule is CC[C@H](NC(=O)c1ccc(NC(=O)OCC2c3ccccc3-c3ccccc32)c(C)c1)C(=O)O. The van der Waals surface area contributed by atoms with Crippen molar-refractivity contribution in [3.8, 4) is 11.1 Å². The second kappa shape index (κ2) is 9.79. The summed E-state index contributed by atoms with van der Waals surface area (Å²) >= 11 is 0. The van der Waals surface area contributed by atoms with Gasteiger partial charge in [0.2, 0.25) is 0 Å². The van der Waals surface area contributed by atoms with E-state index in [1.807, 2.05) is 24.3 Å². The second-order valence-corrected chi connectivity index (χ2v) is 8.25. The van der Waals surface area contributed by atoms with Crippen molar-refractivity contribution in [2.24, 2.45) is 0 Å². The Morgan fingerprint density at radius 2 is 1.59 bits per heavy atom. The monoisotopic (exact) mass is 458 g/mol. The number of rotatable bonds is 7. The van der Waals surface area contributed by atoms with Crippen LogP contribution in [0.3, 0.4) is 0 Å². The van der Waals surface area contributed by atoms with Gasteiger partial charge in [0, 0.05) is 17.2 Å². The molecule has 0 saturated heterocycles. The maximum Gasteiger partial charge on any atom is 0.411 e. The molecule has 174 valence electrons. The number of fused-ring (bicyclic) bond motifs is 3. The number of carboxylic acids is 1.